The molecule has 0 saturated carbocycles. The van der Waals surface area contributed by atoms with Gasteiger partial charge in [-0.25, -0.2) is 14.7 Å². The van der Waals surface area contributed by atoms with Crippen LogP contribution in [0.15, 0.2) is 41.4 Å². The van der Waals surface area contributed by atoms with Crippen LogP contribution >= 0.6 is 0 Å². The minimum atomic E-state index is -4.22. The first kappa shape index (κ1) is 25.1. The lowest BCUT2D eigenvalue weighted by Crippen LogP contribution is -2.44. The summed E-state index contributed by atoms with van der Waals surface area (Å²) in [5, 5.41) is -0.318. The Morgan fingerprint density at radius 1 is 1.17 bits per heavy atom. The lowest BCUT2D eigenvalue weighted by atomic mass is 9.90. The molecule has 2 aliphatic heterocycles. The Bertz CT molecular complexity index is 1290. The summed E-state index contributed by atoms with van der Waals surface area (Å²) in [5.41, 5.74) is 6.94. The Morgan fingerprint density at radius 2 is 1.91 bits per heavy atom. The van der Waals surface area contributed by atoms with Gasteiger partial charge in [-0.3, -0.25) is 4.79 Å². The van der Waals surface area contributed by atoms with Crippen LogP contribution in [0, 0.1) is 5.92 Å². The fraction of sp³-hybridized carbons (Fsp3) is 0.480. The summed E-state index contributed by atoms with van der Waals surface area (Å²) in [7, 11) is -4.22. The van der Waals surface area contributed by atoms with Crippen molar-refractivity contribution < 1.29 is 17.9 Å². The van der Waals surface area contributed by atoms with Gasteiger partial charge in [0, 0.05) is 12.1 Å². The molecule has 0 aliphatic carbocycles. The van der Waals surface area contributed by atoms with Gasteiger partial charge in [-0.1, -0.05) is 13.0 Å². The van der Waals surface area contributed by atoms with E-state index in [2.05, 4.69) is 41.5 Å². The molecule has 1 saturated heterocycles. The highest BCUT2D eigenvalue weighted by atomic mass is 32.2. The molecule has 0 aromatic carbocycles. The van der Waals surface area contributed by atoms with Gasteiger partial charge in [0.1, 0.15) is 11.6 Å². The van der Waals surface area contributed by atoms with Gasteiger partial charge >= 0.3 is 0 Å². The summed E-state index contributed by atoms with van der Waals surface area (Å²) in [6.45, 7) is 11.7. The van der Waals surface area contributed by atoms with Crippen LogP contribution in [-0.4, -0.2) is 48.6 Å². The van der Waals surface area contributed by atoms with Crippen LogP contribution in [-0.2, 0) is 14.8 Å². The van der Waals surface area contributed by atoms with Crippen LogP contribution in [0.25, 0.3) is 5.57 Å². The lowest BCUT2D eigenvalue weighted by molar-refractivity contribution is 0.0164. The first-order chi connectivity index (χ1) is 16.3. The van der Waals surface area contributed by atoms with Gasteiger partial charge in [0.2, 0.25) is 0 Å². The summed E-state index contributed by atoms with van der Waals surface area (Å²) in [6, 6.07) is 7.66. The third kappa shape index (κ3) is 5.04. The Hall–Kier alpha value is -2.98. The van der Waals surface area contributed by atoms with Gasteiger partial charge in [0.15, 0.2) is 5.03 Å². The summed E-state index contributed by atoms with van der Waals surface area (Å²) in [4.78, 5) is 24.2. The average Bonchev–Trinajstić information content (AvgIpc) is 3.04. The van der Waals surface area contributed by atoms with E-state index in [-0.39, 0.29) is 21.9 Å². The molecule has 1 unspecified atom stereocenters. The second kappa shape index (κ2) is 8.91. The molecule has 3 N–H and O–H groups in total. The molecule has 2 aromatic heterocycles. The smallest absolute Gasteiger partial charge is 0.281 e. The van der Waals surface area contributed by atoms with Gasteiger partial charge in [0.25, 0.3) is 15.9 Å². The largest absolute Gasteiger partial charge is 0.384 e. The van der Waals surface area contributed by atoms with Gasteiger partial charge in [0.05, 0.1) is 23.5 Å². The topological polar surface area (TPSA) is 128 Å². The number of nitrogens with one attached hydrogen (secondary N) is 1. The number of hydrogen-bond acceptors (Lipinski definition) is 8. The molecule has 4 heterocycles. The van der Waals surface area contributed by atoms with Crippen LogP contribution in [0.2, 0.25) is 0 Å². The number of nitrogens with zero attached hydrogens (tertiary/aromatic N) is 3. The first-order valence-corrected chi connectivity index (χ1v) is 13.2. The van der Waals surface area contributed by atoms with E-state index in [4.69, 9.17) is 15.5 Å². The molecular weight excluding hydrogens is 466 g/mol. The van der Waals surface area contributed by atoms with E-state index in [1.54, 1.807) is 12.1 Å². The molecule has 0 bridgehead atoms. The van der Waals surface area contributed by atoms with Crippen molar-refractivity contribution in [2.75, 3.05) is 23.8 Å². The third-order valence-corrected chi connectivity index (χ3v) is 8.24. The van der Waals surface area contributed by atoms with Crippen LogP contribution in [0.4, 0.5) is 11.6 Å². The monoisotopic (exact) mass is 499 g/mol. The number of carbonyl (C=O) groups is 1. The number of nitrogens with two attached hydrogens (primary N) is 1. The van der Waals surface area contributed by atoms with Crippen molar-refractivity contribution in [2.45, 2.75) is 63.6 Å². The molecular formula is C25H33N5O4S. The van der Waals surface area contributed by atoms with E-state index < -0.39 is 21.5 Å². The number of sulfonamides is 1. The molecule has 0 radical (unpaired) electrons. The number of ether oxygens (including phenoxy) is 1. The van der Waals surface area contributed by atoms with Gasteiger partial charge in [-0.15, -0.1) is 0 Å². The quantitative estimate of drug-likeness (QED) is 0.641. The number of anilines is 2. The number of carbonyl (C=O) groups excluding carboxylic acids is 1. The Morgan fingerprint density at radius 3 is 2.54 bits per heavy atom. The molecule has 1 amide bonds. The molecule has 1 atom stereocenters. The van der Waals surface area contributed by atoms with Crippen molar-refractivity contribution in [3.05, 3.63) is 47.7 Å². The second-order valence-electron chi connectivity index (χ2n) is 10.3. The molecule has 2 aliphatic rings. The fourth-order valence-corrected chi connectivity index (χ4v) is 5.53. The van der Waals surface area contributed by atoms with Crippen LogP contribution < -0.4 is 15.4 Å². The predicted octanol–water partition coefficient (Wildman–Crippen LogP) is 3.38. The van der Waals surface area contributed by atoms with E-state index in [1.165, 1.54) is 18.2 Å². The number of nitrogen functional groups attached to an aromatic ring is 1. The third-order valence-electron chi connectivity index (χ3n) is 7.01. The van der Waals surface area contributed by atoms with Gasteiger partial charge < -0.3 is 15.4 Å². The van der Waals surface area contributed by atoms with Crippen LogP contribution in [0.3, 0.4) is 0 Å². The molecule has 2 aromatic rings. The molecule has 9 nitrogen and oxygen atoms in total. The summed E-state index contributed by atoms with van der Waals surface area (Å²) in [5.74, 6) is 0.119. The lowest BCUT2D eigenvalue weighted by Gasteiger charge is -2.37. The number of hydrogen-bond donors (Lipinski definition) is 2. The van der Waals surface area contributed by atoms with E-state index in [9.17, 15) is 13.2 Å². The minimum Gasteiger partial charge on any atom is -0.384 e. The number of pyridine rings is 2. The normalized spacial score (nSPS) is 21.5. The standard InChI is InChI=1S/C25H33N5O4S/c1-16-11-13-30(25(16,4)5)22-18(9-10-19(27-22)17-12-14-34-24(2,3)15-17)23(31)29-35(32,33)21-8-6-7-20(26)28-21/h6-10,15-16H,11-14H2,1-5H3,(H2,26,28)(H,29,31). The molecule has 4 rings (SSSR count). The highest BCUT2D eigenvalue weighted by molar-refractivity contribution is 7.90. The zero-order valence-corrected chi connectivity index (χ0v) is 21.6. The maximum Gasteiger partial charge on any atom is 0.281 e. The molecule has 0 spiro atoms. The van der Waals surface area contributed by atoms with Crippen molar-refractivity contribution in [2.24, 2.45) is 5.92 Å². The van der Waals surface area contributed by atoms with Crippen molar-refractivity contribution in [1.29, 1.82) is 0 Å². The van der Waals surface area contributed by atoms with E-state index in [0.717, 1.165) is 17.7 Å². The highest BCUT2D eigenvalue weighted by Crippen LogP contribution is 2.39. The summed E-state index contributed by atoms with van der Waals surface area (Å²) < 4.78 is 33.7. The van der Waals surface area contributed by atoms with Crippen molar-refractivity contribution in [3.63, 3.8) is 0 Å². The number of rotatable bonds is 5. The Balaban J connectivity index is 1.76. The first-order valence-electron chi connectivity index (χ1n) is 11.7. The summed E-state index contributed by atoms with van der Waals surface area (Å²) in [6.07, 6.45) is 3.70. The van der Waals surface area contributed by atoms with Gasteiger partial charge in [-0.2, -0.15) is 8.42 Å². The van der Waals surface area contributed by atoms with Gasteiger partial charge in [-0.05, 0) is 82.4 Å². The highest BCUT2D eigenvalue weighted by Gasteiger charge is 2.41. The molecule has 188 valence electrons. The van der Waals surface area contributed by atoms with Crippen LogP contribution in [0.5, 0.6) is 0 Å². The zero-order valence-electron chi connectivity index (χ0n) is 20.8. The summed E-state index contributed by atoms with van der Waals surface area (Å²) >= 11 is 0. The average molecular weight is 500 g/mol. The predicted molar refractivity (Wildman–Crippen MR) is 135 cm³/mol. The second-order valence-corrected chi connectivity index (χ2v) is 11.9. The minimum absolute atomic E-state index is 0.0486. The number of aromatic nitrogens is 2. The Kier molecular flexibility index (Phi) is 6.39. The zero-order chi connectivity index (χ0) is 25.6. The maximum absolute atomic E-state index is 13.3. The molecule has 10 heteroatoms. The number of amides is 1. The maximum atomic E-state index is 13.3. The Labute approximate surface area is 206 Å². The molecule has 35 heavy (non-hydrogen) atoms. The van der Waals surface area contributed by atoms with E-state index in [0.29, 0.717) is 31.3 Å². The van der Waals surface area contributed by atoms with Crippen molar-refractivity contribution in [3.8, 4) is 0 Å². The van der Waals surface area contributed by atoms with Crippen molar-refractivity contribution >= 4 is 33.1 Å². The molecule has 1 fully saturated rings. The van der Waals surface area contributed by atoms with E-state index in [1.807, 2.05) is 13.8 Å². The van der Waals surface area contributed by atoms with Crippen molar-refractivity contribution in [1.82, 2.24) is 14.7 Å². The van der Waals surface area contributed by atoms with E-state index >= 15 is 0 Å². The van der Waals surface area contributed by atoms with Crippen LogP contribution in [0.1, 0.15) is 63.5 Å². The fourth-order valence-electron chi connectivity index (χ4n) is 4.59. The SMILES string of the molecule is CC1CCN(c2nc(C3=CC(C)(C)OCC3)ccc2C(=O)NS(=O)(=O)c2cccc(N)n2)C1(C)C.